The molecule has 0 amide bonds. The second-order valence-corrected chi connectivity index (χ2v) is 7.43. The van der Waals surface area contributed by atoms with Crippen LogP contribution >= 0.6 is 11.6 Å². The Morgan fingerprint density at radius 1 is 1.25 bits per heavy atom. The average molecular weight is 342 g/mol. The van der Waals surface area contributed by atoms with Crippen LogP contribution in [-0.4, -0.2) is 16.1 Å². The lowest BCUT2D eigenvalue weighted by atomic mass is 9.94. The van der Waals surface area contributed by atoms with Crippen molar-refractivity contribution in [2.45, 2.75) is 43.9 Å². The molecule has 4 rings (SSSR count). The van der Waals surface area contributed by atoms with Crippen LogP contribution in [0.25, 0.3) is 0 Å². The molecule has 1 aromatic heterocycles. The fourth-order valence-electron chi connectivity index (χ4n) is 4.24. The van der Waals surface area contributed by atoms with Gasteiger partial charge in [-0.1, -0.05) is 30.7 Å². The molecular weight excluding hydrogens is 322 g/mol. The number of pyridine rings is 1. The Morgan fingerprint density at radius 3 is 2.54 bits per heavy atom. The molecule has 2 saturated carbocycles. The molecule has 0 bridgehead atoms. The van der Waals surface area contributed by atoms with Crippen molar-refractivity contribution in [2.75, 3.05) is 0 Å². The standard InChI is InChI=1S/C20H20ClNO2/c1-2-20(19(23)24)17(13-4-3-5-15(21)10-13)18(20)14-8-9-22-16(11-14)12-6-7-12/h3-5,8-12,17-18H,2,6-7H2,1H3,(H,23,24)/t17-,18-,20+/m0/s1. The third-order valence-electron chi connectivity index (χ3n) is 5.69. The van der Waals surface area contributed by atoms with Gasteiger partial charge in [0.15, 0.2) is 0 Å². The van der Waals surface area contributed by atoms with Gasteiger partial charge in [0.25, 0.3) is 0 Å². The van der Waals surface area contributed by atoms with E-state index < -0.39 is 11.4 Å². The summed E-state index contributed by atoms with van der Waals surface area (Å²) in [5, 5.41) is 10.6. The van der Waals surface area contributed by atoms with Gasteiger partial charge in [-0.3, -0.25) is 9.78 Å². The minimum Gasteiger partial charge on any atom is -0.481 e. The van der Waals surface area contributed by atoms with Crippen molar-refractivity contribution in [3.63, 3.8) is 0 Å². The molecule has 3 nitrogen and oxygen atoms in total. The SMILES string of the molecule is CC[C@@]1(C(=O)O)[C@@H](c2cccc(Cl)c2)[C@@H]1c1ccnc(C2CC2)c1. The molecule has 1 N–H and O–H groups in total. The van der Waals surface area contributed by atoms with E-state index >= 15 is 0 Å². The zero-order valence-corrected chi connectivity index (χ0v) is 14.3. The van der Waals surface area contributed by atoms with E-state index in [1.807, 2.05) is 43.5 Å². The van der Waals surface area contributed by atoms with E-state index in [4.69, 9.17) is 11.6 Å². The molecular formula is C20H20ClNO2. The Morgan fingerprint density at radius 2 is 1.96 bits per heavy atom. The summed E-state index contributed by atoms with van der Waals surface area (Å²) in [7, 11) is 0. The second-order valence-electron chi connectivity index (χ2n) is 7.00. The van der Waals surface area contributed by atoms with Gasteiger partial charge < -0.3 is 5.11 Å². The van der Waals surface area contributed by atoms with Gasteiger partial charge in [0, 0.05) is 34.7 Å². The zero-order valence-electron chi connectivity index (χ0n) is 13.6. The van der Waals surface area contributed by atoms with E-state index in [0.29, 0.717) is 17.4 Å². The van der Waals surface area contributed by atoms with Gasteiger partial charge >= 0.3 is 5.97 Å². The van der Waals surface area contributed by atoms with Gasteiger partial charge in [-0.15, -0.1) is 0 Å². The van der Waals surface area contributed by atoms with Crippen molar-refractivity contribution in [3.8, 4) is 0 Å². The molecule has 2 aromatic rings. The van der Waals surface area contributed by atoms with Crippen molar-refractivity contribution in [3.05, 3.63) is 64.4 Å². The predicted octanol–water partition coefficient (Wildman–Crippen LogP) is 4.97. The summed E-state index contributed by atoms with van der Waals surface area (Å²) >= 11 is 6.14. The van der Waals surface area contributed by atoms with Gasteiger partial charge in [0.05, 0.1) is 5.41 Å². The first kappa shape index (κ1) is 15.6. The van der Waals surface area contributed by atoms with Gasteiger partial charge in [-0.25, -0.2) is 0 Å². The molecule has 124 valence electrons. The first-order chi connectivity index (χ1) is 11.6. The highest BCUT2D eigenvalue weighted by Gasteiger charge is 2.69. The molecule has 0 radical (unpaired) electrons. The number of carbonyl (C=O) groups is 1. The van der Waals surface area contributed by atoms with Crippen LogP contribution in [0.15, 0.2) is 42.6 Å². The summed E-state index contributed by atoms with van der Waals surface area (Å²) in [5.74, 6) is -0.203. The molecule has 1 aromatic carbocycles. The van der Waals surface area contributed by atoms with Gasteiger partial charge in [-0.2, -0.15) is 0 Å². The Kier molecular flexibility index (Phi) is 3.65. The number of rotatable bonds is 5. The molecule has 2 aliphatic rings. The van der Waals surface area contributed by atoms with Crippen LogP contribution < -0.4 is 0 Å². The smallest absolute Gasteiger partial charge is 0.310 e. The third-order valence-corrected chi connectivity index (χ3v) is 5.92. The Labute approximate surface area is 146 Å². The normalized spacial score (nSPS) is 28.6. The van der Waals surface area contributed by atoms with E-state index in [0.717, 1.165) is 16.8 Å². The molecule has 2 fully saturated rings. The first-order valence-corrected chi connectivity index (χ1v) is 8.90. The summed E-state index contributed by atoms with van der Waals surface area (Å²) in [6.07, 6.45) is 4.82. The molecule has 0 saturated heterocycles. The Balaban J connectivity index is 1.77. The van der Waals surface area contributed by atoms with Crippen LogP contribution in [0.2, 0.25) is 5.02 Å². The third kappa shape index (κ3) is 2.34. The summed E-state index contributed by atoms with van der Waals surface area (Å²) in [4.78, 5) is 16.6. The molecule has 2 aliphatic carbocycles. The number of benzene rings is 1. The Hall–Kier alpha value is -1.87. The maximum absolute atomic E-state index is 12.1. The van der Waals surface area contributed by atoms with Crippen LogP contribution in [0.4, 0.5) is 0 Å². The number of aromatic nitrogens is 1. The molecule has 24 heavy (non-hydrogen) atoms. The van der Waals surface area contributed by atoms with Crippen LogP contribution in [0.1, 0.15) is 60.8 Å². The quantitative estimate of drug-likeness (QED) is 0.834. The molecule has 0 unspecified atom stereocenters. The second kappa shape index (κ2) is 5.59. The highest BCUT2D eigenvalue weighted by atomic mass is 35.5. The summed E-state index contributed by atoms with van der Waals surface area (Å²) in [6, 6.07) is 11.7. The van der Waals surface area contributed by atoms with Gasteiger partial charge in [0.1, 0.15) is 0 Å². The minimum atomic E-state index is -0.743. The monoisotopic (exact) mass is 341 g/mol. The maximum atomic E-state index is 12.1. The highest BCUT2D eigenvalue weighted by Crippen LogP contribution is 2.72. The average Bonchev–Trinajstić information content (AvgIpc) is 3.47. The van der Waals surface area contributed by atoms with Crippen molar-refractivity contribution in [2.24, 2.45) is 5.41 Å². The van der Waals surface area contributed by atoms with E-state index in [1.54, 1.807) is 0 Å². The van der Waals surface area contributed by atoms with Crippen molar-refractivity contribution >= 4 is 17.6 Å². The first-order valence-electron chi connectivity index (χ1n) is 8.52. The van der Waals surface area contributed by atoms with Gasteiger partial charge in [-0.05, 0) is 54.7 Å². The molecule has 1 heterocycles. The van der Waals surface area contributed by atoms with Crippen LogP contribution in [-0.2, 0) is 4.79 Å². The topological polar surface area (TPSA) is 50.2 Å². The molecule has 3 atom stereocenters. The Bertz CT molecular complexity index is 802. The van der Waals surface area contributed by atoms with E-state index in [2.05, 4.69) is 11.1 Å². The van der Waals surface area contributed by atoms with Crippen LogP contribution in [0.5, 0.6) is 0 Å². The zero-order chi connectivity index (χ0) is 16.9. The van der Waals surface area contributed by atoms with E-state index in [-0.39, 0.29) is 11.8 Å². The lowest BCUT2D eigenvalue weighted by Crippen LogP contribution is -2.17. The lowest BCUT2D eigenvalue weighted by molar-refractivity contribution is -0.143. The molecule has 4 heteroatoms. The van der Waals surface area contributed by atoms with Crippen molar-refractivity contribution < 1.29 is 9.90 Å². The number of nitrogens with zero attached hydrogens (tertiary/aromatic N) is 1. The number of aliphatic carboxylic acids is 1. The number of halogens is 1. The van der Waals surface area contributed by atoms with E-state index in [9.17, 15) is 9.90 Å². The summed E-state index contributed by atoms with van der Waals surface area (Å²) in [6.45, 7) is 1.97. The van der Waals surface area contributed by atoms with Crippen molar-refractivity contribution in [1.29, 1.82) is 0 Å². The summed E-state index contributed by atoms with van der Waals surface area (Å²) < 4.78 is 0. The maximum Gasteiger partial charge on any atom is 0.310 e. The number of hydrogen-bond donors (Lipinski definition) is 1. The van der Waals surface area contributed by atoms with E-state index in [1.165, 1.54) is 12.8 Å². The van der Waals surface area contributed by atoms with Crippen molar-refractivity contribution in [1.82, 2.24) is 4.98 Å². The largest absolute Gasteiger partial charge is 0.481 e. The number of hydrogen-bond acceptors (Lipinski definition) is 2. The highest BCUT2D eigenvalue weighted by molar-refractivity contribution is 6.30. The summed E-state index contributed by atoms with van der Waals surface area (Å²) in [5.41, 5.74) is 2.48. The molecule has 0 aliphatic heterocycles. The van der Waals surface area contributed by atoms with Gasteiger partial charge in [0.2, 0.25) is 0 Å². The minimum absolute atomic E-state index is 0.0148. The number of carboxylic acids is 1. The van der Waals surface area contributed by atoms with Crippen LogP contribution in [0, 0.1) is 5.41 Å². The van der Waals surface area contributed by atoms with Crippen LogP contribution in [0.3, 0.4) is 0 Å². The fourth-order valence-corrected chi connectivity index (χ4v) is 4.44. The fraction of sp³-hybridized carbons (Fsp3) is 0.400. The molecule has 0 spiro atoms. The number of carboxylic acid groups (broad SMARTS) is 1. The predicted molar refractivity (Wildman–Crippen MR) is 93.5 cm³/mol. The lowest BCUT2D eigenvalue weighted by Gasteiger charge is -2.10.